The molecule has 84 valence electrons. The number of benzene rings is 1. The van der Waals surface area contributed by atoms with Crippen molar-refractivity contribution >= 4 is 14.0 Å². The molecule has 0 amide bonds. The molecule has 0 aromatic heterocycles. The normalized spacial score (nSPS) is 11.8. The van der Waals surface area contributed by atoms with Crippen molar-refractivity contribution in [3.05, 3.63) is 29.8 Å². The molecule has 0 aliphatic carbocycles. The molecule has 0 heterocycles. The van der Waals surface area contributed by atoms with Gasteiger partial charge in [0.25, 0.3) is 0 Å². The maximum Gasteiger partial charge on any atom is 0.539 e. The highest BCUT2D eigenvalue weighted by molar-refractivity contribution is 6.75. The summed E-state index contributed by atoms with van der Waals surface area (Å²) in [7, 11) is 0.726. The topological polar surface area (TPSA) is 27.7 Å². The quantitative estimate of drug-likeness (QED) is 0.729. The molecule has 0 saturated heterocycles. The van der Waals surface area contributed by atoms with Crippen molar-refractivity contribution in [1.29, 1.82) is 0 Å². The Hall–Kier alpha value is -0.823. The van der Waals surface area contributed by atoms with Gasteiger partial charge in [-0.25, -0.2) is 8.78 Å². The Morgan fingerprint density at radius 1 is 1.00 bits per heavy atom. The van der Waals surface area contributed by atoms with Crippen LogP contribution in [0, 0.1) is 11.6 Å². The van der Waals surface area contributed by atoms with E-state index in [2.05, 4.69) is 0 Å². The van der Waals surface area contributed by atoms with E-state index in [9.17, 15) is 8.78 Å². The third-order valence-corrected chi connectivity index (χ3v) is 4.75. The highest BCUT2D eigenvalue weighted by Crippen LogP contribution is 2.11. The van der Waals surface area contributed by atoms with Gasteiger partial charge in [0.2, 0.25) is 0 Å². The average Bonchev–Trinajstić information content (AvgIpc) is 2.27. The van der Waals surface area contributed by atoms with Crippen LogP contribution in [0.1, 0.15) is 0 Å². The monoisotopic (exact) mass is 234 g/mol. The molecule has 0 spiro atoms. The number of hydrogen-bond acceptors (Lipinski definition) is 3. The van der Waals surface area contributed by atoms with Crippen molar-refractivity contribution in [3.8, 4) is 0 Å². The second kappa shape index (κ2) is 4.80. The van der Waals surface area contributed by atoms with Crippen LogP contribution in [0.25, 0.3) is 0 Å². The molecule has 0 bridgehead atoms. The number of hydrogen-bond donors (Lipinski definition) is 0. The molecule has 15 heavy (non-hydrogen) atoms. The van der Waals surface area contributed by atoms with Gasteiger partial charge in [0, 0.05) is 21.3 Å². The third kappa shape index (κ3) is 2.07. The Balaban J connectivity index is 3.28. The van der Waals surface area contributed by atoms with Gasteiger partial charge >= 0.3 is 8.80 Å². The standard InChI is InChI=1S/C9H12F2O3Si/c1-12-15(13-2,14-3)8-6-4-5-7(10)9(8)11/h4-6H,1-3H3. The number of rotatable bonds is 4. The molecule has 0 radical (unpaired) electrons. The van der Waals surface area contributed by atoms with E-state index in [0.717, 1.165) is 6.07 Å². The summed E-state index contributed by atoms with van der Waals surface area (Å²) in [5.74, 6) is -1.94. The molecular formula is C9H12F2O3Si. The van der Waals surface area contributed by atoms with E-state index in [1.807, 2.05) is 0 Å². The molecule has 0 aliphatic rings. The third-order valence-electron chi connectivity index (χ3n) is 2.09. The van der Waals surface area contributed by atoms with Gasteiger partial charge in [-0.3, -0.25) is 0 Å². The molecule has 0 aliphatic heterocycles. The molecule has 0 unspecified atom stereocenters. The zero-order valence-electron chi connectivity index (χ0n) is 8.71. The summed E-state index contributed by atoms with van der Waals surface area (Å²) in [5.41, 5.74) is 0. The van der Waals surface area contributed by atoms with Crippen LogP contribution in [0.4, 0.5) is 8.78 Å². The summed E-state index contributed by atoms with van der Waals surface area (Å²) in [4.78, 5) is 0. The fraction of sp³-hybridized carbons (Fsp3) is 0.333. The van der Waals surface area contributed by atoms with Gasteiger partial charge in [-0.2, -0.15) is 0 Å². The predicted molar refractivity (Wildman–Crippen MR) is 52.8 cm³/mol. The van der Waals surface area contributed by atoms with Crippen molar-refractivity contribution in [2.75, 3.05) is 21.3 Å². The molecule has 1 aromatic rings. The SMILES string of the molecule is CO[Si](OC)(OC)c1cccc(F)c1F. The fourth-order valence-electron chi connectivity index (χ4n) is 1.32. The van der Waals surface area contributed by atoms with E-state index in [0.29, 0.717) is 0 Å². The van der Waals surface area contributed by atoms with E-state index in [-0.39, 0.29) is 5.19 Å². The smallest absolute Gasteiger partial charge is 0.373 e. The first-order chi connectivity index (χ1) is 7.11. The van der Waals surface area contributed by atoms with E-state index in [1.54, 1.807) is 0 Å². The second-order valence-corrected chi connectivity index (χ2v) is 5.65. The Labute approximate surface area is 87.9 Å². The van der Waals surface area contributed by atoms with Gasteiger partial charge in [-0.1, -0.05) is 12.1 Å². The van der Waals surface area contributed by atoms with E-state index in [1.165, 1.54) is 33.5 Å². The highest BCUT2D eigenvalue weighted by atomic mass is 28.4. The van der Waals surface area contributed by atoms with Crippen LogP contribution in [0.15, 0.2) is 18.2 Å². The maximum absolute atomic E-state index is 13.5. The first-order valence-corrected chi connectivity index (χ1v) is 5.93. The Bertz CT molecular complexity index is 334. The molecule has 3 nitrogen and oxygen atoms in total. The lowest BCUT2D eigenvalue weighted by Crippen LogP contribution is -2.56. The van der Waals surface area contributed by atoms with Crippen LogP contribution in [0.2, 0.25) is 0 Å². The summed E-state index contributed by atoms with van der Waals surface area (Å²) in [6.07, 6.45) is 0. The molecule has 0 fully saturated rings. The Morgan fingerprint density at radius 2 is 1.53 bits per heavy atom. The van der Waals surface area contributed by atoms with Crippen LogP contribution in [-0.4, -0.2) is 30.1 Å². The molecule has 1 rings (SSSR count). The van der Waals surface area contributed by atoms with Crippen molar-refractivity contribution in [2.45, 2.75) is 0 Å². The zero-order chi connectivity index (χ0) is 11.5. The van der Waals surface area contributed by atoms with Gasteiger partial charge in [0.15, 0.2) is 11.6 Å². The Morgan fingerprint density at radius 3 is 2.00 bits per heavy atom. The molecule has 0 N–H and O–H groups in total. The highest BCUT2D eigenvalue weighted by Gasteiger charge is 2.43. The second-order valence-electron chi connectivity index (χ2n) is 2.77. The summed E-state index contributed by atoms with van der Waals surface area (Å²) in [5, 5.41) is -0.00463. The first-order valence-electron chi connectivity index (χ1n) is 4.21. The molecular weight excluding hydrogens is 222 g/mol. The summed E-state index contributed by atoms with van der Waals surface area (Å²) >= 11 is 0. The zero-order valence-corrected chi connectivity index (χ0v) is 9.71. The van der Waals surface area contributed by atoms with Gasteiger partial charge in [-0.15, -0.1) is 0 Å². The van der Waals surface area contributed by atoms with Crippen molar-refractivity contribution in [2.24, 2.45) is 0 Å². The largest absolute Gasteiger partial charge is 0.539 e. The van der Waals surface area contributed by atoms with E-state index >= 15 is 0 Å². The van der Waals surface area contributed by atoms with Gasteiger partial charge in [0.1, 0.15) is 0 Å². The minimum atomic E-state index is -3.28. The summed E-state index contributed by atoms with van der Waals surface area (Å²) in [6.45, 7) is 0. The van der Waals surface area contributed by atoms with Crippen LogP contribution < -0.4 is 5.19 Å². The minimum Gasteiger partial charge on any atom is -0.373 e. The summed E-state index contributed by atoms with van der Waals surface area (Å²) in [6, 6.07) is 3.80. The fourth-order valence-corrected chi connectivity index (χ4v) is 3.17. The average molecular weight is 234 g/mol. The maximum atomic E-state index is 13.5. The lowest BCUT2D eigenvalue weighted by atomic mass is 10.3. The number of halogens is 2. The van der Waals surface area contributed by atoms with Crippen LogP contribution in [-0.2, 0) is 13.3 Å². The minimum absolute atomic E-state index is 0.00463. The van der Waals surface area contributed by atoms with Crippen molar-refractivity contribution in [1.82, 2.24) is 0 Å². The van der Waals surface area contributed by atoms with Gasteiger partial charge in [-0.05, 0) is 6.07 Å². The van der Waals surface area contributed by atoms with E-state index in [4.69, 9.17) is 13.3 Å². The molecule has 6 heteroatoms. The molecule has 0 atom stereocenters. The Kier molecular flexibility index (Phi) is 3.92. The van der Waals surface area contributed by atoms with Crippen LogP contribution in [0.5, 0.6) is 0 Å². The first kappa shape index (κ1) is 12.2. The van der Waals surface area contributed by atoms with Crippen molar-refractivity contribution in [3.63, 3.8) is 0 Å². The van der Waals surface area contributed by atoms with Gasteiger partial charge < -0.3 is 13.3 Å². The lowest BCUT2D eigenvalue weighted by molar-refractivity contribution is 0.139. The van der Waals surface area contributed by atoms with Gasteiger partial charge in [0.05, 0.1) is 5.19 Å². The van der Waals surface area contributed by atoms with Crippen LogP contribution in [0.3, 0.4) is 0 Å². The lowest BCUT2D eigenvalue weighted by Gasteiger charge is -2.24. The van der Waals surface area contributed by atoms with Crippen LogP contribution >= 0.6 is 0 Å². The molecule has 0 saturated carbocycles. The predicted octanol–water partition coefficient (Wildman–Crippen LogP) is 1.05. The molecule has 1 aromatic carbocycles. The van der Waals surface area contributed by atoms with Crippen molar-refractivity contribution < 1.29 is 22.1 Å². The summed E-state index contributed by atoms with van der Waals surface area (Å²) < 4.78 is 41.6. The van der Waals surface area contributed by atoms with E-state index < -0.39 is 20.4 Å².